The summed E-state index contributed by atoms with van der Waals surface area (Å²) in [5.41, 5.74) is 0.158. The van der Waals surface area contributed by atoms with Crippen molar-refractivity contribution in [1.82, 2.24) is 0 Å². The van der Waals surface area contributed by atoms with Gasteiger partial charge in [-0.15, -0.1) is 0 Å². The van der Waals surface area contributed by atoms with Crippen LogP contribution in [0, 0.1) is 6.92 Å². The van der Waals surface area contributed by atoms with Crippen LogP contribution in [0.3, 0.4) is 0 Å². The smallest absolute Gasteiger partial charge is 0.355 e. The summed E-state index contributed by atoms with van der Waals surface area (Å²) in [5, 5.41) is 2.71. The number of fused-ring (bicyclic) bond motifs is 4. The quantitative estimate of drug-likeness (QED) is 0.311. The summed E-state index contributed by atoms with van der Waals surface area (Å²) in [5.74, 6) is -0.529. The van der Waals surface area contributed by atoms with Crippen molar-refractivity contribution in [3.8, 4) is 0 Å². The van der Waals surface area contributed by atoms with Crippen LogP contribution in [-0.2, 0) is 15.6 Å². The first-order chi connectivity index (χ1) is 14.8. The second kappa shape index (κ2) is 6.92. The molecule has 0 fully saturated rings. The number of sulfone groups is 1. The van der Waals surface area contributed by atoms with Gasteiger partial charge in [0.15, 0.2) is 14.7 Å². The second-order valence-electron chi connectivity index (χ2n) is 7.45. The van der Waals surface area contributed by atoms with Gasteiger partial charge in [0.05, 0.1) is 5.75 Å². The van der Waals surface area contributed by atoms with Crippen LogP contribution < -0.4 is 11.3 Å². The van der Waals surface area contributed by atoms with Gasteiger partial charge >= 0.3 is 11.3 Å². The predicted octanol–water partition coefficient (Wildman–Crippen LogP) is 4.33. The van der Waals surface area contributed by atoms with Crippen LogP contribution in [0.15, 0.2) is 90.0 Å². The molecule has 154 valence electrons. The molecule has 0 aliphatic rings. The highest BCUT2D eigenvalue weighted by atomic mass is 32.2. The van der Waals surface area contributed by atoms with Gasteiger partial charge in [0, 0.05) is 16.8 Å². The fourth-order valence-corrected chi connectivity index (χ4v) is 5.21. The average Bonchev–Trinajstić information content (AvgIpc) is 2.72. The molecule has 0 amide bonds. The summed E-state index contributed by atoms with van der Waals surface area (Å²) in [6.07, 6.45) is 0. The maximum atomic E-state index is 13.2. The first-order valence-corrected chi connectivity index (χ1v) is 11.2. The molecule has 5 aromatic rings. The van der Waals surface area contributed by atoms with Crippen molar-refractivity contribution in [2.45, 2.75) is 17.6 Å². The minimum absolute atomic E-state index is 0.267. The molecule has 3 aromatic carbocycles. The van der Waals surface area contributed by atoms with Crippen LogP contribution in [0.25, 0.3) is 32.7 Å². The lowest BCUT2D eigenvalue weighted by Crippen LogP contribution is -2.16. The van der Waals surface area contributed by atoms with Crippen molar-refractivity contribution in [2.24, 2.45) is 0 Å². The molecule has 0 bridgehead atoms. The molecule has 0 N–H and O–H groups in total. The lowest BCUT2D eigenvalue weighted by molar-refractivity contribution is 0.532. The number of aryl methyl sites for hydroxylation is 1. The summed E-state index contributed by atoms with van der Waals surface area (Å²) in [6, 6.07) is 18.6. The van der Waals surface area contributed by atoms with Gasteiger partial charge in [-0.3, -0.25) is 0 Å². The van der Waals surface area contributed by atoms with Gasteiger partial charge < -0.3 is 8.83 Å². The highest BCUT2D eigenvalue weighted by Gasteiger charge is 2.24. The average molecular weight is 432 g/mol. The second-order valence-corrected chi connectivity index (χ2v) is 9.40. The lowest BCUT2D eigenvalue weighted by Gasteiger charge is -2.08. The summed E-state index contributed by atoms with van der Waals surface area (Å²) in [7, 11) is -4.11. The van der Waals surface area contributed by atoms with Crippen LogP contribution in [0.4, 0.5) is 0 Å². The molecule has 0 radical (unpaired) electrons. The van der Waals surface area contributed by atoms with Crippen molar-refractivity contribution >= 4 is 42.5 Å². The zero-order valence-electron chi connectivity index (χ0n) is 16.4. The van der Waals surface area contributed by atoms with E-state index in [1.807, 2.05) is 37.3 Å². The Labute approximate surface area is 176 Å². The zero-order valence-corrected chi connectivity index (χ0v) is 17.2. The molecule has 0 spiro atoms. The summed E-state index contributed by atoms with van der Waals surface area (Å²) in [4.78, 5) is 24.1. The Morgan fingerprint density at radius 2 is 1.58 bits per heavy atom. The number of benzene rings is 3. The maximum Gasteiger partial charge on any atom is 0.355 e. The summed E-state index contributed by atoms with van der Waals surface area (Å²) in [6.45, 7) is 1.84. The summed E-state index contributed by atoms with van der Waals surface area (Å²) >= 11 is 0. The standard InChI is InChI=1S/C24H16O6S/c1-14-6-8-18-16(11-23(25)29-21(18)10-14)13-31(27,28)22-12-19-17-5-3-2-4-15(17)7-9-20(19)30-24(22)26/h2-12H,13H2,1H3. The Bertz CT molecular complexity index is 1730. The molecule has 0 unspecified atom stereocenters. The number of hydrogen-bond acceptors (Lipinski definition) is 6. The molecule has 0 aliphatic carbocycles. The van der Waals surface area contributed by atoms with Gasteiger partial charge in [-0.05, 0) is 47.0 Å². The molecule has 2 aromatic heterocycles. The van der Waals surface area contributed by atoms with E-state index < -0.39 is 31.7 Å². The van der Waals surface area contributed by atoms with E-state index in [4.69, 9.17) is 8.83 Å². The molecule has 7 heteroatoms. The van der Waals surface area contributed by atoms with E-state index in [0.717, 1.165) is 22.4 Å². The Balaban J connectivity index is 1.71. The van der Waals surface area contributed by atoms with Crippen LogP contribution in [0.2, 0.25) is 0 Å². The van der Waals surface area contributed by atoms with Crippen molar-refractivity contribution in [3.63, 3.8) is 0 Å². The van der Waals surface area contributed by atoms with Crippen LogP contribution >= 0.6 is 0 Å². The van der Waals surface area contributed by atoms with Crippen LogP contribution in [-0.4, -0.2) is 8.42 Å². The van der Waals surface area contributed by atoms with Gasteiger partial charge in [-0.1, -0.05) is 42.5 Å². The Morgan fingerprint density at radius 3 is 2.42 bits per heavy atom. The van der Waals surface area contributed by atoms with E-state index >= 15 is 0 Å². The highest BCUT2D eigenvalue weighted by Crippen LogP contribution is 2.28. The van der Waals surface area contributed by atoms with Crippen molar-refractivity contribution in [1.29, 1.82) is 0 Å². The van der Waals surface area contributed by atoms with E-state index in [-0.39, 0.29) is 5.56 Å². The van der Waals surface area contributed by atoms with E-state index in [2.05, 4.69) is 0 Å². The zero-order chi connectivity index (χ0) is 21.8. The molecular weight excluding hydrogens is 416 g/mol. The molecule has 31 heavy (non-hydrogen) atoms. The maximum absolute atomic E-state index is 13.2. The first kappa shape index (κ1) is 19.3. The third-order valence-corrected chi connectivity index (χ3v) is 6.92. The molecule has 0 aliphatic heterocycles. The largest absolute Gasteiger partial charge is 0.423 e. The number of rotatable bonds is 3. The fraction of sp³-hybridized carbons (Fsp3) is 0.0833. The van der Waals surface area contributed by atoms with Gasteiger partial charge in [0.25, 0.3) is 0 Å². The van der Waals surface area contributed by atoms with Crippen LogP contribution in [0.5, 0.6) is 0 Å². The third kappa shape index (κ3) is 3.33. The van der Waals surface area contributed by atoms with Gasteiger partial charge in [-0.25, -0.2) is 18.0 Å². The van der Waals surface area contributed by atoms with Gasteiger partial charge in [0.1, 0.15) is 11.2 Å². The molecule has 2 heterocycles. The van der Waals surface area contributed by atoms with Crippen molar-refractivity contribution in [3.05, 3.63) is 98.7 Å². The van der Waals surface area contributed by atoms with Crippen molar-refractivity contribution in [2.75, 3.05) is 0 Å². The molecule has 5 rings (SSSR count). The minimum atomic E-state index is -4.11. The molecule has 0 atom stereocenters. The highest BCUT2D eigenvalue weighted by molar-refractivity contribution is 7.90. The molecule has 0 saturated carbocycles. The van der Waals surface area contributed by atoms with E-state index in [1.54, 1.807) is 24.3 Å². The normalized spacial score (nSPS) is 12.0. The van der Waals surface area contributed by atoms with Gasteiger partial charge in [-0.2, -0.15) is 0 Å². The van der Waals surface area contributed by atoms with Gasteiger partial charge in [0.2, 0.25) is 0 Å². The topological polar surface area (TPSA) is 94.6 Å². The third-order valence-electron chi connectivity index (χ3n) is 5.28. The first-order valence-electron chi connectivity index (χ1n) is 9.54. The fourth-order valence-electron chi connectivity index (χ4n) is 3.81. The minimum Gasteiger partial charge on any atom is -0.423 e. The van der Waals surface area contributed by atoms with Crippen molar-refractivity contribution < 1.29 is 17.3 Å². The van der Waals surface area contributed by atoms with E-state index in [1.165, 1.54) is 6.07 Å². The molecular formula is C24H16O6S. The van der Waals surface area contributed by atoms with E-state index in [0.29, 0.717) is 21.9 Å². The Kier molecular flexibility index (Phi) is 4.30. The number of hydrogen-bond donors (Lipinski definition) is 0. The predicted molar refractivity (Wildman–Crippen MR) is 118 cm³/mol. The monoisotopic (exact) mass is 432 g/mol. The lowest BCUT2D eigenvalue weighted by atomic mass is 10.1. The van der Waals surface area contributed by atoms with Crippen LogP contribution in [0.1, 0.15) is 11.1 Å². The molecule has 0 saturated heterocycles. The van der Waals surface area contributed by atoms with E-state index in [9.17, 15) is 18.0 Å². The summed E-state index contributed by atoms with van der Waals surface area (Å²) < 4.78 is 37.0. The Morgan fingerprint density at radius 1 is 0.774 bits per heavy atom. The molecule has 6 nitrogen and oxygen atoms in total. The Hall–Kier alpha value is -3.71. The SMILES string of the molecule is Cc1ccc2c(CS(=O)(=O)c3cc4c(ccc5ccccc54)oc3=O)cc(=O)oc2c1.